The molecule has 0 saturated carbocycles. The van der Waals surface area contributed by atoms with E-state index in [9.17, 15) is 35.9 Å². The standard InChI is InChI=1S/C22H17F6N5O2/c23-21(24,25)14-5-12(6-15(8-14)22(26,27)28)9-32-20(35)13-3-1-2-11(4-13)7-16-10-31-18(29)17(33-16)19(30)34/h1-6,8,10H,7,9H2,(H2,29,31)(H2,30,34)(H,32,35). The minimum absolute atomic E-state index is 0.0124. The summed E-state index contributed by atoms with van der Waals surface area (Å²) in [4.78, 5) is 31.8. The summed E-state index contributed by atoms with van der Waals surface area (Å²) in [5.41, 5.74) is 8.19. The number of carbonyl (C=O) groups is 2. The van der Waals surface area contributed by atoms with Crippen LogP contribution in [0.25, 0.3) is 0 Å². The van der Waals surface area contributed by atoms with Gasteiger partial charge in [0.25, 0.3) is 11.8 Å². The van der Waals surface area contributed by atoms with Crippen molar-refractivity contribution in [3.8, 4) is 0 Å². The molecule has 0 atom stereocenters. The van der Waals surface area contributed by atoms with Crippen LogP contribution >= 0.6 is 0 Å². The highest BCUT2D eigenvalue weighted by molar-refractivity contribution is 5.95. The molecule has 5 N–H and O–H groups in total. The number of benzene rings is 2. The monoisotopic (exact) mass is 497 g/mol. The Labute approximate surface area is 194 Å². The van der Waals surface area contributed by atoms with Gasteiger partial charge in [-0.1, -0.05) is 12.1 Å². The lowest BCUT2D eigenvalue weighted by atomic mass is 10.0. The molecule has 1 aromatic heterocycles. The van der Waals surface area contributed by atoms with Gasteiger partial charge in [-0.25, -0.2) is 9.97 Å². The molecule has 0 bridgehead atoms. The van der Waals surface area contributed by atoms with Gasteiger partial charge >= 0.3 is 12.4 Å². The number of anilines is 1. The fraction of sp³-hybridized carbons (Fsp3) is 0.182. The summed E-state index contributed by atoms with van der Waals surface area (Å²) in [6.45, 7) is -0.568. The maximum absolute atomic E-state index is 13.0. The fourth-order valence-corrected chi connectivity index (χ4v) is 3.14. The Balaban J connectivity index is 1.77. The summed E-state index contributed by atoms with van der Waals surface area (Å²) >= 11 is 0. The van der Waals surface area contributed by atoms with Gasteiger partial charge in [0.05, 0.1) is 23.0 Å². The molecule has 1 heterocycles. The Morgan fingerprint density at radius 3 is 2.11 bits per heavy atom. The van der Waals surface area contributed by atoms with E-state index in [-0.39, 0.29) is 35.1 Å². The number of aromatic nitrogens is 2. The zero-order valence-corrected chi connectivity index (χ0v) is 17.7. The van der Waals surface area contributed by atoms with E-state index >= 15 is 0 Å². The molecule has 0 saturated heterocycles. The van der Waals surface area contributed by atoms with E-state index in [1.165, 1.54) is 24.4 Å². The van der Waals surface area contributed by atoms with Crippen LogP contribution in [0.4, 0.5) is 32.2 Å². The Morgan fingerprint density at radius 2 is 1.54 bits per heavy atom. The van der Waals surface area contributed by atoms with Crippen molar-refractivity contribution in [1.82, 2.24) is 15.3 Å². The minimum Gasteiger partial charge on any atom is -0.382 e. The third-order valence-corrected chi connectivity index (χ3v) is 4.76. The predicted octanol–water partition coefficient (Wildman–Crippen LogP) is 3.72. The van der Waals surface area contributed by atoms with Crippen LogP contribution in [0.1, 0.15) is 48.8 Å². The van der Waals surface area contributed by atoms with Gasteiger partial charge in [-0.15, -0.1) is 0 Å². The lowest BCUT2D eigenvalue weighted by Gasteiger charge is -2.14. The molecular weight excluding hydrogens is 480 g/mol. The zero-order valence-electron chi connectivity index (χ0n) is 17.7. The second-order valence-electron chi connectivity index (χ2n) is 7.43. The second-order valence-corrected chi connectivity index (χ2v) is 7.43. The van der Waals surface area contributed by atoms with E-state index in [4.69, 9.17) is 11.5 Å². The van der Waals surface area contributed by atoms with E-state index < -0.39 is 41.8 Å². The van der Waals surface area contributed by atoms with Crippen LogP contribution in [0.2, 0.25) is 0 Å². The molecule has 184 valence electrons. The first-order valence-electron chi connectivity index (χ1n) is 9.80. The largest absolute Gasteiger partial charge is 0.416 e. The highest BCUT2D eigenvalue weighted by atomic mass is 19.4. The first-order chi connectivity index (χ1) is 16.2. The van der Waals surface area contributed by atoms with E-state index in [0.29, 0.717) is 23.4 Å². The van der Waals surface area contributed by atoms with E-state index in [2.05, 4.69) is 15.3 Å². The number of primary amides is 1. The van der Waals surface area contributed by atoms with Crippen molar-refractivity contribution in [3.05, 3.63) is 87.9 Å². The van der Waals surface area contributed by atoms with Crippen LogP contribution < -0.4 is 16.8 Å². The topological polar surface area (TPSA) is 124 Å². The molecule has 0 aliphatic rings. The third-order valence-electron chi connectivity index (χ3n) is 4.76. The molecule has 2 aromatic carbocycles. The molecule has 3 aromatic rings. The number of nitrogens with two attached hydrogens (primary N) is 2. The maximum atomic E-state index is 13.0. The minimum atomic E-state index is -4.99. The summed E-state index contributed by atoms with van der Waals surface area (Å²) < 4.78 is 78.1. The van der Waals surface area contributed by atoms with Crippen LogP contribution in [0.15, 0.2) is 48.7 Å². The van der Waals surface area contributed by atoms with Crippen molar-refractivity contribution in [3.63, 3.8) is 0 Å². The molecule has 0 fully saturated rings. The van der Waals surface area contributed by atoms with Crippen molar-refractivity contribution in [2.45, 2.75) is 25.3 Å². The number of alkyl halides is 6. The van der Waals surface area contributed by atoms with E-state index in [1.54, 1.807) is 6.07 Å². The first-order valence-corrected chi connectivity index (χ1v) is 9.80. The molecule has 13 heteroatoms. The van der Waals surface area contributed by atoms with Crippen LogP contribution in [-0.2, 0) is 25.3 Å². The Bertz CT molecular complexity index is 1240. The summed E-state index contributed by atoms with van der Waals surface area (Å²) in [6, 6.07) is 7.12. The number of nitrogens with one attached hydrogen (secondary N) is 1. The summed E-state index contributed by atoms with van der Waals surface area (Å²) in [5.74, 6) is -1.73. The molecule has 7 nitrogen and oxygen atoms in total. The zero-order chi connectivity index (χ0) is 26.0. The second kappa shape index (κ2) is 9.60. The Kier molecular flexibility index (Phi) is 6.99. The molecule has 0 radical (unpaired) electrons. The smallest absolute Gasteiger partial charge is 0.382 e. The normalized spacial score (nSPS) is 11.8. The number of hydrogen-bond acceptors (Lipinski definition) is 5. The number of amides is 2. The molecule has 35 heavy (non-hydrogen) atoms. The Morgan fingerprint density at radius 1 is 0.914 bits per heavy atom. The molecule has 3 rings (SSSR count). The van der Waals surface area contributed by atoms with E-state index in [0.717, 1.165) is 0 Å². The molecule has 0 spiro atoms. The molecule has 0 unspecified atom stereocenters. The molecular formula is C22H17F6N5O2. The fourth-order valence-electron chi connectivity index (χ4n) is 3.14. The van der Waals surface area contributed by atoms with Gasteiger partial charge in [0, 0.05) is 18.5 Å². The first kappa shape index (κ1) is 25.5. The number of nitrogens with zero attached hydrogens (tertiary/aromatic N) is 2. The SMILES string of the molecule is NC(=O)c1nc(Cc2cccc(C(=O)NCc3cc(C(F)(F)F)cc(C(F)(F)F)c3)c2)cnc1N. The van der Waals surface area contributed by atoms with Gasteiger partial charge in [-0.2, -0.15) is 26.3 Å². The quantitative estimate of drug-likeness (QED) is 0.448. The number of carbonyl (C=O) groups excluding carboxylic acids is 2. The summed E-state index contributed by atoms with van der Waals surface area (Å²) in [7, 11) is 0. The highest BCUT2D eigenvalue weighted by Gasteiger charge is 2.36. The molecule has 2 amide bonds. The molecule has 0 aliphatic heterocycles. The number of nitrogen functional groups attached to an aromatic ring is 1. The van der Waals surface area contributed by atoms with Crippen molar-refractivity contribution >= 4 is 17.6 Å². The Hall–Kier alpha value is -4.16. The average molecular weight is 497 g/mol. The van der Waals surface area contributed by atoms with Gasteiger partial charge in [0.2, 0.25) is 0 Å². The van der Waals surface area contributed by atoms with Gasteiger partial charge in [0.15, 0.2) is 11.5 Å². The van der Waals surface area contributed by atoms with Crippen LogP contribution in [0.3, 0.4) is 0 Å². The highest BCUT2D eigenvalue weighted by Crippen LogP contribution is 2.36. The van der Waals surface area contributed by atoms with Crippen LogP contribution in [0.5, 0.6) is 0 Å². The number of halogens is 6. The van der Waals surface area contributed by atoms with Gasteiger partial charge in [0.1, 0.15) is 0 Å². The lowest BCUT2D eigenvalue weighted by molar-refractivity contribution is -0.143. The van der Waals surface area contributed by atoms with Crippen molar-refractivity contribution < 1.29 is 35.9 Å². The lowest BCUT2D eigenvalue weighted by Crippen LogP contribution is -2.23. The van der Waals surface area contributed by atoms with Gasteiger partial charge < -0.3 is 16.8 Å². The van der Waals surface area contributed by atoms with Crippen molar-refractivity contribution in [1.29, 1.82) is 0 Å². The van der Waals surface area contributed by atoms with Gasteiger partial charge in [-0.05, 0) is 41.5 Å². The molecule has 0 aliphatic carbocycles. The predicted molar refractivity (Wildman–Crippen MR) is 112 cm³/mol. The van der Waals surface area contributed by atoms with Gasteiger partial charge in [-0.3, -0.25) is 9.59 Å². The van der Waals surface area contributed by atoms with Crippen molar-refractivity contribution in [2.24, 2.45) is 5.73 Å². The van der Waals surface area contributed by atoms with E-state index in [1.807, 2.05) is 0 Å². The number of rotatable bonds is 6. The average Bonchev–Trinajstić information content (AvgIpc) is 2.77. The third kappa shape index (κ3) is 6.46. The summed E-state index contributed by atoms with van der Waals surface area (Å²) in [6.07, 6.45) is -8.53. The maximum Gasteiger partial charge on any atom is 0.416 e. The van der Waals surface area contributed by atoms with Crippen LogP contribution in [-0.4, -0.2) is 21.8 Å². The van der Waals surface area contributed by atoms with Crippen molar-refractivity contribution in [2.75, 3.05) is 5.73 Å². The summed E-state index contributed by atoms with van der Waals surface area (Å²) in [5, 5.41) is 2.32. The number of hydrogen-bond donors (Lipinski definition) is 3. The van der Waals surface area contributed by atoms with Crippen LogP contribution in [0, 0.1) is 0 Å².